The Hall–Kier alpha value is -0.370. The predicted octanol–water partition coefficient (Wildman–Crippen LogP) is -11.4. The molecule has 0 aromatic heterocycles. The van der Waals surface area contributed by atoms with Gasteiger partial charge in [0.25, 0.3) is 12.9 Å². The monoisotopic (exact) mass is 348 g/mol. The van der Waals surface area contributed by atoms with E-state index in [4.69, 9.17) is 34.6 Å². The van der Waals surface area contributed by atoms with Crippen molar-refractivity contribution in [1.29, 1.82) is 0 Å². The van der Waals surface area contributed by atoms with E-state index in [1.807, 2.05) is 0 Å². The second kappa shape index (κ2) is 70.4. The van der Waals surface area contributed by atoms with Crippen LogP contribution >= 0.6 is 0 Å². The van der Waals surface area contributed by atoms with Crippen LogP contribution in [0.15, 0.2) is 0 Å². The largest absolute Gasteiger partial charge is 1.00 e. The number of rotatable bonds is 4. The van der Waals surface area contributed by atoms with E-state index < -0.39 is 6.47 Å². The fraction of sp³-hybridized carbons (Fsp3) is 0.500. The molecule has 1 aliphatic heterocycles. The van der Waals surface area contributed by atoms with E-state index in [9.17, 15) is 4.79 Å². The molecule has 120 valence electrons. The van der Waals surface area contributed by atoms with Gasteiger partial charge in [0.05, 0.1) is 19.8 Å². The number of carboxylic acid groups (broad SMARTS) is 1. The summed E-state index contributed by atoms with van der Waals surface area (Å²) in [5.74, 6) is 0. The van der Waals surface area contributed by atoms with E-state index in [0.29, 0.717) is 6.47 Å². The molecule has 0 spiro atoms. The summed E-state index contributed by atoms with van der Waals surface area (Å²) in [5.41, 5.74) is 0. The maximum atomic E-state index is 9.23. The quantitative estimate of drug-likeness (QED) is 0.126. The number of hydrogen-bond acceptors (Lipinski definition) is 11. The van der Waals surface area contributed by atoms with Gasteiger partial charge in [-0.05, 0) is 0 Å². The smallest absolute Gasteiger partial charge is 0.662 e. The summed E-state index contributed by atoms with van der Waals surface area (Å²) in [4.78, 5) is 45.0. The number of aliphatic hydroxyl groups excluding tert-OH is 1. The molecule has 1 heterocycles. The van der Waals surface area contributed by atoms with Crippen LogP contribution in [0.5, 0.6) is 0 Å². The summed E-state index contributed by atoms with van der Waals surface area (Å²) >= 11 is 0. The molecule has 0 aromatic carbocycles. The maximum absolute atomic E-state index is 9.23. The minimum Gasteiger partial charge on any atom is -0.662 e. The second-order valence-electron chi connectivity index (χ2n) is 1.68. The van der Waals surface area contributed by atoms with Gasteiger partial charge in [0.2, 0.25) is 0 Å². The Balaban J connectivity index is -0.0000000254. The third-order valence-electron chi connectivity index (χ3n) is 0.521. The van der Waals surface area contributed by atoms with Crippen molar-refractivity contribution >= 4 is 25.6 Å². The topological polar surface area (TPSA) is 214 Å². The summed E-state index contributed by atoms with van der Waals surface area (Å²) in [7, 11) is 0. The van der Waals surface area contributed by atoms with Crippen LogP contribution in [0.25, 0.3) is 0 Å². The molecule has 0 saturated carbocycles. The standard InChI is InChI=1S/C3H6O3.C2H4O.CH2O3.CH2O2.CO2.2Na.H2O/c4-1-2-6-3-5;1-2-3-1;2-1-4-3;2*2-1-3;;;/h3-4H,1-2H2;1-2H2;1,3H;1H,(H,2,3);;;;1H2/q;;;;;2*+1;/p-2. The van der Waals surface area contributed by atoms with Crippen LogP contribution in [-0.2, 0) is 38.3 Å². The van der Waals surface area contributed by atoms with Gasteiger partial charge in [0.1, 0.15) is 6.61 Å². The van der Waals surface area contributed by atoms with Crippen molar-refractivity contribution in [1.82, 2.24) is 0 Å². The first-order chi connectivity index (χ1) is 9.16. The molecule has 0 radical (unpaired) electrons. The zero-order valence-corrected chi connectivity index (χ0v) is 16.1. The van der Waals surface area contributed by atoms with Gasteiger partial charge in [-0.1, -0.05) is 0 Å². The molecular formula is C8H14Na2O12. The van der Waals surface area contributed by atoms with E-state index in [2.05, 4.69) is 14.4 Å². The van der Waals surface area contributed by atoms with E-state index in [0.717, 1.165) is 13.2 Å². The molecule has 22 heavy (non-hydrogen) atoms. The third-order valence-corrected chi connectivity index (χ3v) is 0.521. The zero-order valence-electron chi connectivity index (χ0n) is 12.1. The molecule has 12 nitrogen and oxygen atoms in total. The molecule has 1 rings (SSSR count). The van der Waals surface area contributed by atoms with Crippen molar-refractivity contribution in [3.63, 3.8) is 0 Å². The summed E-state index contributed by atoms with van der Waals surface area (Å²) in [6, 6.07) is 0. The Bertz CT molecular complexity index is 205. The van der Waals surface area contributed by atoms with Gasteiger partial charge in [-0.3, -0.25) is 9.59 Å². The van der Waals surface area contributed by atoms with Gasteiger partial charge in [-0.25, -0.2) is 0 Å². The Kier molecular flexibility index (Phi) is 138. The number of epoxide rings is 1. The van der Waals surface area contributed by atoms with Crippen molar-refractivity contribution in [3.05, 3.63) is 0 Å². The number of ether oxygens (including phenoxy) is 2. The number of carbonyl (C=O) groups excluding carboxylic acids is 5. The average Bonchev–Trinajstić information content (AvgIpc) is 3.26. The Morgan fingerprint density at radius 3 is 1.45 bits per heavy atom. The van der Waals surface area contributed by atoms with Crippen LogP contribution in [0.1, 0.15) is 0 Å². The van der Waals surface area contributed by atoms with Crippen LogP contribution in [-0.4, -0.2) is 62.6 Å². The van der Waals surface area contributed by atoms with Crippen LogP contribution in [0.4, 0.5) is 0 Å². The van der Waals surface area contributed by atoms with Crippen molar-refractivity contribution in [2.45, 2.75) is 0 Å². The van der Waals surface area contributed by atoms with E-state index in [-0.39, 0.29) is 90.4 Å². The van der Waals surface area contributed by atoms with Gasteiger partial charge < -0.3 is 40.1 Å². The molecule has 0 unspecified atom stereocenters. The molecule has 1 saturated heterocycles. The first-order valence-corrected chi connectivity index (χ1v) is 4.17. The van der Waals surface area contributed by atoms with Crippen molar-refractivity contribution in [3.8, 4) is 0 Å². The van der Waals surface area contributed by atoms with E-state index in [1.165, 1.54) is 0 Å². The molecule has 14 heteroatoms. The molecular weight excluding hydrogens is 334 g/mol. The van der Waals surface area contributed by atoms with Gasteiger partial charge in [-0.15, -0.1) is 0 Å². The van der Waals surface area contributed by atoms with Crippen molar-refractivity contribution in [2.75, 3.05) is 26.4 Å². The molecule has 0 amide bonds. The predicted molar refractivity (Wildman–Crippen MR) is 51.8 cm³/mol. The third kappa shape index (κ3) is 318. The fourth-order valence-corrected chi connectivity index (χ4v) is 0.101. The van der Waals surface area contributed by atoms with Crippen LogP contribution in [0, 0.1) is 0 Å². The Labute approximate surface area is 169 Å². The normalized spacial score (nSPS) is 7.18. The van der Waals surface area contributed by atoms with Gasteiger partial charge >= 0.3 is 65.3 Å². The first kappa shape index (κ1) is 43.0. The van der Waals surface area contributed by atoms with Crippen LogP contribution < -0.4 is 69.5 Å². The minimum absolute atomic E-state index is 0. The summed E-state index contributed by atoms with van der Waals surface area (Å²) in [5, 5.41) is 24.6. The molecule has 1 fully saturated rings. The Morgan fingerprint density at radius 1 is 1.14 bits per heavy atom. The summed E-state index contributed by atoms with van der Waals surface area (Å²) in [6.45, 7) is 1.62. The number of aliphatic hydroxyl groups is 1. The Morgan fingerprint density at radius 2 is 1.41 bits per heavy atom. The van der Waals surface area contributed by atoms with Crippen LogP contribution in [0.3, 0.4) is 0 Å². The first-order valence-electron chi connectivity index (χ1n) is 4.17. The van der Waals surface area contributed by atoms with E-state index in [1.54, 1.807) is 0 Å². The summed E-state index contributed by atoms with van der Waals surface area (Å²) < 4.78 is 8.55. The molecule has 0 atom stereocenters. The van der Waals surface area contributed by atoms with E-state index >= 15 is 0 Å². The molecule has 0 aromatic rings. The maximum Gasteiger partial charge on any atom is 1.00 e. The zero-order chi connectivity index (χ0) is 15.8. The number of hydrogen-bond donors (Lipinski definition) is 1. The van der Waals surface area contributed by atoms with Crippen LogP contribution in [0.2, 0.25) is 0 Å². The van der Waals surface area contributed by atoms with Crippen molar-refractivity contribution in [2.24, 2.45) is 0 Å². The van der Waals surface area contributed by atoms with Gasteiger partial charge in [-0.2, -0.15) is 9.59 Å². The number of carbonyl (C=O) groups is 3. The molecule has 0 bridgehead atoms. The average molecular weight is 348 g/mol. The molecule has 3 N–H and O–H groups in total. The molecule has 0 aliphatic carbocycles. The fourth-order valence-electron chi connectivity index (χ4n) is 0.101. The SMILES string of the molecule is C1CO1.O.O=C=O.O=COCCO.O=CO[O-].O=C[O-].[Na+].[Na+]. The minimum atomic E-state index is -0.500. The molecule has 1 aliphatic rings. The van der Waals surface area contributed by atoms with Crippen molar-refractivity contribution < 1.29 is 118 Å². The van der Waals surface area contributed by atoms with Gasteiger partial charge in [0, 0.05) is 6.47 Å². The van der Waals surface area contributed by atoms with Gasteiger partial charge in [0.15, 0.2) is 0 Å². The summed E-state index contributed by atoms with van der Waals surface area (Å²) in [6.07, 6.45) is 0.250. The second-order valence-corrected chi connectivity index (χ2v) is 1.68.